The lowest BCUT2D eigenvalue weighted by Crippen LogP contribution is -2.34. The van der Waals surface area contributed by atoms with Crippen molar-refractivity contribution in [2.75, 3.05) is 13.1 Å². The number of halogens is 1. The van der Waals surface area contributed by atoms with E-state index in [1.54, 1.807) is 16.9 Å². The number of para-hydroxylation sites is 1. The average molecular weight is 363 g/mol. The van der Waals surface area contributed by atoms with Crippen LogP contribution in [0.2, 0.25) is 0 Å². The van der Waals surface area contributed by atoms with Gasteiger partial charge in [-0.2, -0.15) is 5.10 Å². The molecule has 1 amide bonds. The van der Waals surface area contributed by atoms with E-state index in [0.717, 1.165) is 11.3 Å². The predicted molar refractivity (Wildman–Crippen MR) is 98.2 cm³/mol. The van der Waals surface area contributed by atoms with Crippen molar-refractivity contribution in [3.8, 4) is 5.69 Å². The molecule has 1 aliphatic heterocycles. The van der Waals surface area contributed by atoms with Gasteiger partial charge in [0.05, 0.1) is 17.4 Å². The van der Waals surface area contributed by atoms with Crippen molar-refractivity contribution in [2.24, 2.45) is 0 Å². The lowest BCUT2D eigenvalue weighted by molar-refractivity contribution is -0.125. The molecule has 1 unspecified atom stereocenters. The highest BCUT2D eigenvalue weighted by molar-refractivity contribution is 6.42. The van der Waals surface area contributed by atoms with Gasteiger partial charge >= 0.3 is 0 Å². The SMILES string of the molecule is O=C(C(=O)N1CCC(c2cccc(F)c2)C1)c1cnn(-c2ccccc2)c1. The van der Waals surface area contributed by atoms with Crippen LogP contribution in [-0.2, 0) is 4.79 Å². The van der Waals surface area contributed by atoms with Gasteiger partial charge in [0.1, 0.15) is 5.82 Å². The average Bonchev–Trinajstić information content (AvgIpc) is 3.37. The summed E-state index contributed by atoms with van der Waals surface area (Å²) in [6.45, 7) is 0.902. The van der Waals surface area contributed by atoms with Crippen molar-refractivity contribution in [2.45, 2.75) is 12.3 Å². The Hall–Kier alpha value is -3.28. The molecule has 1 atom stereocenters. The number of carbonyl (C=O) groups is 2. The normalized spacial score (nSPS) is 16.5. The third-order valence-corrected chi connectivity index (χ3v) is 4.86. The van der Waals surface area contributed by atoms with Crippen LogP contribution in [0.1, 0.15) is 28.3 Å². The summed E-state index contributed by atoms with van der Waals surface area (Å²) in [6, 6.07) is 15.8. The minimum Gasteiger partial charge on any atom is -0.335 e. The van der Waals surface area contributed by atoms with E-state index in [9.17, 15) is 14.0 Å². The van der Waals surface area contributed by atoms with E-state index in [4.69, 9.17) is 0 Å². The second kappa shape index (κ2) is 7.15. The number of nitrogens with zero attached hydrogens (tertiary/aromatic N) is 3. The molecule has 4 rings (SSSR count). The Kier molecular flexibility index (Phi) is 4.54. The van der Waals surface area contributed by atoms with Gasteiger partial charge in [-0.05, 0) is 36.2 Å². The molecular formula is C21H18FN3O2. The van der Waals surface area contributed by atoms with Crippen molar-refractivity contribution in [3.05, 3.63) is 83.9 Å². The standard InChI is InChI=1S/C21H18FN3O2/c22-18-6-4-5-15(11-18)16-9-10-24(13-16)21(27)20(26)17-12-23-25(14-17)19-7-2-1-3-8-19/h1-8,11-12,14,16H,9-10,13H2. The molecule has 136 valence electrons. The summed E-state index contributed by atoms with van der Waals surface area (Å²) in [7, 11) is 0. The monoisotopic (exact) mass is 363 g/mol. The van der Waals surface area contributed by atoms with E-state index in [2.05, 4.69) is 5.10 Å². The Balaban J connectivity index is 1.46. The number of carbonyl (C=O) groups excluding carboxylic acids is 2. The highest BCUT2D eigenvalue weighted by Crippen LogP contribution is 2.28. The third kappa shape index (κ3) is 3.51. The number of Topliss-reactive ketones (excluding diaryl/α,β-unsaturated/α-hetero) is 1. The zero-order valence-corrected chi connectivity index (χ0v) is 14.6. The van der Waals surface area contributed by atoms with Crippen molar-refractivity contribution < 1.29 is 14.0 Å². The summed E-state index contributed by atoms with van der Waals surface area (Å²) < 4.78 is 15.0. The van der Waals surface area contributed by atoms with Gasteiger partial charge in [-0.3, -0.25) is 9.59 Å². The van der Waals surface area contributed by atoms with Crippen LogP contribution < -0.4 is 0 Å². The first kappa shape index (κ1) is 17.1. The molecule has 1 fully saturated rings. The molecule has 6 heteroatoms. The molecule has 27 heavy (non-hydrogen) atoms. The van der Waals surface area contributed by atoms with Crippen LogP contribution >= 0.6 is 0 Å². The third-order valence-electron chi connectivity index (χ3n) is 4.86. The summed E-state index contributed by atoms with van der Waals surface area (Å²) >= 11 is 0. The smallest absolute Gasteiger partial charge is 0.295 e. The highest BCUT2D eigenvalue weighted by atomic mass is 19.1. The quantitative estimate of drug-likeness (QED) is 0.528. The van der Waals surface area contributed by atoms with Gasteiger partial charge in [0.25, 0.3) is 11.7 Å². The van der Waals surface area contributed by atoms with Gasteiger partial charge in [0.2, 0.25) is 0 Å². The van der Waals surface area contributed by atoms with E-state index in [-0.39, 0.29) is 17.3 Å². The fourth-order valence-corrected chi connectivity index (χ4v) is 3.41. The van der Waals surface area contributed by atoms with Gasteiger partial charge in [0.15, 0.2) is 0 Å². The Labute approximate surface area is 156 Å². The molecule has 2 heterocycles. The molecule has 2 aromatic carbocycles. The van der Waals surface area contributed by atoms with Crippen molar-refractivity contribution in [3.63, 3.8) is 0 Å². The first-order valence-electron chi connectivity index (χ1n) is 8.81. The Morgan fingerprint density at radius 2 is 1.89 bits per heavy atom. The van der Waals surface area contributed by atoms with Crippen LogP contribution in [0.3, 0.4) is 0 Å². The molecule has 0 aliphatic carbocycles. The van der Waals surface area contributed by atoms with E-state index in [0.29, 0.717) is 19.5 Å². The second-order valence-corrected chi connectivity index (χ2v) is 6.63. The summed E-state index contributed by atoms with van der Waals surface area (Å²) in [4.78, 5) is 26.7. The van der Waals surface area contributed by atoms with Crippen LogP contribution in [0.4, 0.5) is 4.39 Å². The summed E-state index contributed by atoms with van der Waals surface area (Å²) in [5, 5.41) is 4.17. The van der Waals surface area contributed by atoms with E-state index in [1.165, 1.54) is 23.2 Å². The predicted octanol–water partition coefficient (Wildman–Crippen LogP) is 3.21. The largest absolute Gasteiger partial charge is 0.335 e. The van der Waals surface area contributed by atoms with Crippen LogP contribution in [0.15, 0.2) is 67.0 Å². The van der Waals surface area contributed by atoms with Crippen LogP contribution in [0.5, 0.6) is 0 Å². The number of hydrogen-bond acceptors (Lipinski definition) is 3. The zero-order chi connectivity index (χ0) is 18.8. The maximum atomic E-state index is 13.4. The summed E-state index contributed by atoms with van der Waals surface area (Å²) in [6.07, 6.45) is 3.69. The van der Waals surface area contributed by atoms with Gasteiger partial charge in [0, 0.05) is 25.2 Å². The number of rotatable bonds is 4. The van der Waals surface area contributed by atoms with E-state index in [1.807, 2.05) is 36.4 Å². The zero-order valence-electron chi connectivity index (χ0n) is 14.6. The minimum absolute atomic E-state index is 0.0458. The Morgan fingerprint density at radius 3 is 2.67 bits per heavy atom. The maximum absolute atomic E-state index is 13.4. The fourth-order valence-electron chi connectivity index (χ4n) is 3.41. The first-order valence-corrected chi connectivity index (χ1v) is 8.81. The number of ketones is 1. The molecule has 1 aliphatic rings. The number of likely N-dealkylation sites (tertiary alicyclic amines) is 1. The number of benzene rings is 2. The molecule has 3 aromatic rings. The molecule has 0 N–H and O–H groups in total. The second-order valence-electron chi connectivity index (χ2n) is 6.63. The van der Waals surface area contributed by atoms with Crippen molar-refractivity contribution in [1.29, 1.82) is 0 Å². The van der Waals surface area contributed by atoms with Gasteiger partial charge < -0.3 is 4.90 Å². The summed E-state index contributed by atoms with van der Waals surface area (Å²) in [5.74, 6) is -1.36. The van der Waals surface area contributed by atoms with Crippen LogP contribution in [0, 0.1) is 5.82 Å². The minimum atomic E-state index is -0.572. The molecular weight excluding hydrogens is 345 g/mol. The lowest BCUT2D eigenvalue weighted by atomic mass is 9.98. The lowest BCUT2D eigenvalue weighted by Gasteiger charge is -2.15. The number of aromatic nitrogens is 2. The first-order chi connectivity index (χ1) is 13.1. The fraction of sp³-hybridized carbons (Fsp3) is 0.190. The molecule has 0 bridgehead atoms. The Bertz CT molecular complexity index is 984. The van der Waals surface area contributed by atoms with E-state index < -0.39 is 11.7 Å². The maximum Gasteiger partial charge on any atom is 0.295 e. The molecule has 0 spiro atoms. The molecule has 0 saturated carbocycles. The molecule has 1 aromatic heterocycles. The molecule has 5 nitrogen and oxygen atoms in total. The topological polar surface area (TPSA) is 55.2 Å². The molecule has 0 radical (unpaired) electrons. The van der Waals surface area contributed by atoms with Gasteiger partial charge in [-0.25, -0.2) is 9.07 Å². The van der Waals surface area contributed by atoms with Crippen LogP contribution in [-0.4, -0.2) is 39.5 Å². The van der Waals surface area contributed by atoms with Crippen molar-refractivity contribution >= 4 is 11.7 Å². The summed E-state index contributed by atoms with van der Waals surface area (Å²) in [5.41, 5.74) is 1.93. The highest BCUT2D eigenvalue weighted by Gasteiger charge is 2.31. The van der Waals surface area contributed by atoms with E-state index >= 15 is 0 Å². The van der Waals surface area contributed by atoms with Crippen molar-refractivity contribution in [1.82, 2.24) is 14.7 Å². The Morgan fingerprint density at radius 1 is 1.07 bits per heavy atom. The van der Waals surface area contributed by atoms with Gasteiger partial charge in [-0.15, -0.1) is 0 Å². The number of hydrogen-bond donors (Lipinski definition) is 0. The van der Waals surface area contributed by atoms with Gasteiger partial charge in [-0.1, -0.05) is 30.3 Å². The van der Waals surface area contributed by atoms with Crippen LogP contribution in [0.25, 0.3) is 5.69 Å². The molecule has 1 saturated heterocycles. The number of amides is 1.